The number of rotatable bonds is 4. The van der Waals surface area contributed by atoms with Crippen molar-refractivity contribution in [1.29, 1.82) is 0 Å². The first kappa shape index (κ1) is 22.0. The van der Waals surface area contributed by atoms with Crippen LogP contribution in [-0.2, 0) is 12.7 Å². The Morgan fingerprint density at radius 1 is 1.19 bits per heavy atom. The second-order valence-corrected chi connectivity index (χ2v) is 7.52. The third kappa shape index (κ3) is 4.13. The molecule has 0 bridgehead atoms. The van der Waals surface area contributed by atoms with Crippen molar-refractivity contribution in [1.82, 2.24) is 24.4 Å². The Labute approximate surface area is 187 Å². The SMILES string of the molecule is Cc1cc(C(F)(F)F)n2nc(C(=O)Nc3ccn(Cc4c(F)cccc4Cl)n3)c(Cl)c2n1. The van der Waals surface area contributed by atoms with Crippen molar-refractivity contribution in [2.75, 3.05) is 5.32 Å². The molecule has 1 amide bonds. The summed E-state index contributed by atoms with van der Waals surface area (Å²) in [7, 11) is 0. The van der Waals surface area contributed by atoms with E-state index in [1.807, 2.05) is 0 Å². The minimum absolute atomic E-state index is 0.00532. The van der Waals surface area contributed by atoms with Crippen molar-refractivity contribution in [3.8, 4) is 0 Å². The summed E-state index contributed by atoms with van der Waals surface area (Å²) in [5.74, 6) is -1.35. The van der Waals surface area contributed by atoms with E-state index in [1.54, 1.807) is 0 Å². The summed E-state index contributed by atoms with van der Waals surface area (Å²) in [6.45, 7) is 1.36. The average Bonchev–Trinajstić information content (AvgIpc) is 3.28. The van der Waals surface area contributed by atoms with Gasteiger partial charge < -0.3 is 5.32 Å². The molecule has 0 atom stereocenters. The van der Waals surface area contributed by atoms with E-state index in [2.05, 4.69) is 20.5 Å². The molecule has 3 heterocycles. The number of aromatic nitrogens is 5. The zero-order valence-electron chi connectivity index (χ0n) is 16.1. The topological polar surface area (TPSA) is 77.1 Å². The smallest absolute Gasteiger partial charge is 0.304 e. The molecule has 13 heteroatoms. The predicted molar refractivity (Wildman–Crippen MR) is 108 cm³/mol. The molecule has 0 aliphatic carbocycles. The summed E-state index contributed by atoms with van der Waals surface area (Å²) >= 11 is 12.1. The molecule has 1 N–H and O–H groups in total. The second-order valence-electron chi connectivity index (χ2n) is 6.73. The van der Waals surface area contributed by atoms with Crippen LogP contribution < -0.4 is 5.32 Å². The van der Waals surface area contributed by atoms with Crippen LogP contribution in [0.1, 0.15) is 27.4 Å². The van der Waals surface area contributed by atoms with Gasteiger partial charge in [-0.15, -0.1) is 0 Å². The van der Waals surface area contributed by atoms with E-state index in [-0.39, 0.29) is 39.3 Å². The Morgan fingerprint density at radius 2 is 1.94 bits per heavy atom. The van der Waals surface area contributed by atoms with Gasteiger partial charge >= 0.3 is 6.18 Å². The van der Waals surface area contributed by atoms with Crippen LogP contribution in [0.15, 0.2) is 36.5 Å². The molecule has 0 radical (unpaired) electrons. The van der Waals surface area contributed by atoms with Crippen LogP contribution in [0.5, 0.6) is 0 Å². The number of anilines is 1. The number of nitrogens with zero attached hydrogens (tertiary/aromatic N) is 5. The first-order valence-corrected chi connectivity index (χ1v) is 9.71. The van der Waals surface area contributed by atoms with E-state index in [0.717, 1.165) is 6.07 Å². The normalized spacial score (nSPS) is 11.8. The number of nitrogens with one attached hydrogen (secondary N) is 1. The van der Waals surface area contributed by atoms with Crippen LogP contribution in [-0.4, -0.2) is 30.3 Å². The minimum Gasteiger partial charge on any atom is -0.304 e. The molecule has 3 aromatic heterocycles. The summed E-state index contributed by atoms with van der Waals surface area (Å²) in [6.07, 6.45) is -3.27. The predicted octanol–water partition coefficient (Wildman–Crippen LogP) is 5.00. The molecule has 4 rings (SSSR count). The van der Waals surface area contributed by atoms with Gasteiger partial charge in [-0.2, -0.15) is 23.4 Å². The highest BCUT2D eigenvalue weighted by molar-refractivity contribution is 6.37. The van der Waals surface area contributed by atoms with Crippen molar-refractivity contribution >= 4 is 40.6 Å². The second kappa shape index (κ2) is 8.06. The van der Waals surface area contributed by atoms with Gasteiger partial charge in [0, 0.05) is 28.5 Å². The highest BCUT2D eigenvalue weighted by Gasteiger charge is 2.36. The lowest BCUT2D eigenvalue weighted by Crippen LogP contribution is -2.16. The zero-order valence-corrected chi connectivity index (χ0v) is 17.6. The third-order valence-electron chi connectivity index (χ3n) is 4.43. The molecule has 7 nitrogen and oxygen atoms in total. The molecule has 0 spiro atoms. The van der Waals surface area contributed by atoms with Gasteiger partial charge in [0.15, 0.2) is 17.2 Å². The van der Waals surface area contributed by atoms with Crippen LogP contribution in [0.4, 0.5) is 23.4 Å². The van der Waals surface area contributed by atoms with E-state index in [4.69, 9.17) is 23.2 Å². The van der Waals surface area contributed by atoms with Crippen LogP contribution in [0.3, 0.4) is 0 Å². The van der Waals surface area contributed by atoms with Crippen LogP contribution >= 0.6 is 23.2 Å². The fourth-order valence-corrected chi connectivity index (χ4v) is 3.47. The molecule has 4 aromatic rings. The molecule has 0 saturated carbocycles. The van der Waals surface area contributed by atoms with Gasteiger partial charge in [0.2, 0.25) is 0 Å². The number of amides is 1. The van der Waals surface area contributed by atoms with Gasteiger partial charge in [-0.05, 0) is 25.1 Å². The first-order valence-electron chi connectivity index (χ1n) is 8.95. The average molecular weight is 487 g/mol. The Morgan fingerprint density at radius 3 is 2.62 bits per heavy atom. The number of aryl methyl sites for hydroxylation is 1. The van der Waals surface area contributed by atoms with Gasteiger partial charge in [0.25, 0.3) is 5.91 Å². The maximum absolute atomic E-state index is 14.0. The van der Waals surface area contributed by atoms with E-state index >= 15 is 0 Å². The van der Waals surface area contributed by atoms with Gasteiger partial charge in [-0.1, -0.05) is 29.3 Å². The monoisotopic (exact) mass is 486 g/mol. The first-order chi connectivity index (χ1) is 15.0. The van der Waals surface area contributed by atoms with Crippen molar-refractivity contribution in [2.24, 2.45) is 0 Å². The van der Waals surface area contributed by atoms with Gasteiger partial charge in [0.1, 0.15) is 16.5 Å². The molecular formula is C19H12Cl2F4N6O. The Bertz CT molecular complexity index is 1330. The summed E-state index contributed by atoms with van der Waals surface area (Å²) < 4.78 is 55.8. The number of fused-ring (bicyclic) bond motifs is 1. The maximum Gasteiger partial charge on any atom is 0.433 e. The maximum atomic E-state index is 14.0. The molecule has 0 unspecified atom stereocenters. The van der Waals surface area contributed by atoms with E-state index in [1.165, 1.54) is 42.1 Å². The van der Waals surface area contributed by atoms with Crippen LogP contribution in [0, 0.1) is 12.7 Å². The quantitative estimate of drug-likeness (QED) is 0.411. The van der Waals surface area contributed by atoms with Crippen molar-refractivity contribution < 1.29 is 22.4 Å². The molecule has 166 valence electrons. The largest absolute Gasteiger partial charge is 0.433 e. The molecule has 1 aromatic carbocycles. The standard InChI is InChI=1S/C19H12Cl2F4N6O/c1-9-7-13(19(23,24)25)31-17(26-9)15(21)16(29-31)18(32)27-14-5-6-30(28-14)8-10-11(20)3-2-4-12(10)22/h2-7H,8H2,1H3,(H,27,28,32). The minimum atomic E-state index is -4.73. The molecule has 32 heavy (non-hydrogen) atoms. The Hall–Kier alpha value is -3.18. The molecule has 0 fully saturated rings. The number of hydrogen-bond donors (Lipinski definition) is 1. The Kier molecular flexibility index (Phi) is 5.55. The lowest BCUT2D eigenvalue weighted by Gasteiger charge is -2.09. The lowest BCUT2D eigenvalue weighted by molar-refractivity contribution is -0.142. The highest BCUT2D eigenvalue weighted by Crippen LogP contribution is 2.32. The Balaban J connectivity index is 1.61. The molecule has 0 saturated heterocycles. The summed E-state index contributed by atoms with van der Waals surface area (Å²) in [5.41, 5.74) is -1.61. The number of carbonyl (C=O) groups excluding carboxylic acids is 1. The number of benzene rings is 1. The van der Waals surface area contributed by atoms with Crippen LogP contribution in [0.25, 0.3) is 5.65 Å². The van der Waals surface area contributed by atoms with Crippen LogP contribution in [0.2, 0.25) is 10.0 Å². The fraction of sp³-hybridized carbons (Fsp3) is 0.158. The third-order valence-corrected chi connectivity index (χ3v) is 5.13. The summed E-state index contributed by atoms with van der Waals surface area (Å²) in [5, 5.41) is 10.1. The lowest BCUT2D eigenvalue weighted by atomic mass is 10.2. The summed E-state index contributed by atoms with van der Waals surface area (Å²) in [6, 6.07) is 6.47. The number of carbonyl (C=O) groups is 1. The fourth-order valence-electron chi connectivity index (χ4n) is 3.00. The van der Waals surface area contributed by atoms with Gasteiger partial charge in [-0.25, -0.2) is 13.9 Å². The molecule has 0 aliphatic rings. The van der Waals surface area contributed by atoms with E-state index < -0.39 is 29.3 Å². The molecule has 0 aliphatic heterocycles. The van der Waals surface area contributed by atoms with Crippen molar-refractivity contribution in [3.05, 3.63) is 75.0 Å². The van der Waals surface area contributed by atoms with Crippen molar-refractivity contribution in [3.63, 3.8) is 0 Å². The van der Waals surface area contributed by atoms with E-state index in [9.17, 15) is 22.4 Å². The zero-order chi connectivity index (χ0) is 23.2. The highest BCUT2D eigenvalue weighted by atomic mass is 35.5. The molecular weight excluding hydrogens is 475 g/mol. The van der Waals surface area contributed by atoms with Crippen molar-refractivity contribution in [2.45, 2.75) is 19.6 Å². The van der Waals surface area contributed by atoms with Gasteiger partial charge in [0.05, 0.1) is 6.54 Å². The van der Waals surface area contributed by atoms with E-state index in [0.29, 0.717) is 4.52 Å². The number of hydrogen-bond acceptors (Lipinski definition) is 4. The van der Waals surface area contributed by atoms with Gasteiger partial charge in [-0.3, -0.25) is 9.48 Å². The summed E-state index contributed by atoms with van der Waals surface area (Å²) in [4.78, 5) is 16.6. The number of alkyl halides is 3. The number of halogens is 6.